The molecule has 0 aromatic rings. The summed E-state index contributed by atoms with van der Waals surface area (Å²) < 4.78 is 5.20. The van der Waals surface area contributed by atoms with Crippen molar-refractivity contribution in [3.8, 4) is 0 Å². The molecule has 15 heavy (non-hydrogen) atoms. The average Bonchev–Trinajstić information content (AvgIpc) is 2.12. The molecule has 0 spiro atoms. The number of esters is 1. The first-order chi connectivity index (χ1) is 6.89. The highest BCUT2D eigenvalue weighted by Crippen LogP contribution is 2.23. The van der Waals surface area contributed by atoms with Crippen LogP contribution in [0.4, 0.5) is 0 Å². The molecule has 0 radical (unpaired) electrons. The van der Waals surface area contributed by atoms with Crippen LogP contribution in [0.15, 0.2) is 0 Å². The van der Waals surface area contributed by atoms with Crippen LogP contribution >= 0.6 is 0 Å². The number of carbonyl (C=O) groups excluding carboxylic acids is 2. The van der Waals surface area contributed by atoms with Crippen molar-refractivity contribution < 1.29 is 14.3 Å². The van der Waals surface area contributed by atoms with Gasteiger partial charge in [0.25, 0.3) is 0 Å². The highest BCUT2D eigenvalue weighted by molar-refractivity contribution is 5.79. The number of hydrogen-bond donors (Lipinski definition) is 0. The smallest absolute Gasteiger partial charge is 0.311 e. The SMILES string of the molecule is CC(C)(C)C(=O)OCC1CCCC(=O)C1. The lowest BCUT2D eigenvalue weighted by Gasteiger charge is -2.23. The molecule has 3 nitrogen and oxygen atoms in total. The van der Waals surface area contributed by atoms with Crippen LogP contribution in [-0.4, -0.2) is 18.4 Å². The number of ketones is 1. The van der Waals surface area contributed by atoms with Crippen molar-refractivity contribution in [3.63, 3.8) is 0 Å². The predicted octanol–water partition coefficient (Wildman–Crippen LogP) is 2.33. The molecule has 0 bridgehead atoms. The largest absolute Gasteiger partial charge is 0.465 e. The van der Waals surface area contributed by atoms with E-state index in [1.807, 2.05) is 20.8 Å². The van der Waals surface area contributed by atoms with Crippen molar-refractivity contribution in [2.45, 2.75) is 46.5 Å². The van der Waals surface area contributed by atoms with Crippen molar-refractivity contribution >= 4 is 11.8 Å². The fourth-order valence-electron chi connectivity index (χ4n) is 1.67. The summed E-state index contributed by atoms with van der Waals surface area (Å²) in [6, 6.07) is 0. The monoisotopic (exact) mass is 212 g/mol. The number of hydrogen-bond acceptors (Lipinski definition) is 3. The molecule has 0 amide bonds. The summed E-state index contributed by atoms with van der Waals surface area (Å²) in [7, 11) is 0. The molecule has 1 aliphatic rings. The summed E-state index contributed by atoms with van der Waals surface area (Å²) >= 11 is 0. The van der Waals surface area contributed by atoms with Gasteiger partial charge in [-0.1, -0.05) is 0 Å². The third-order valence-corrected chi connectivity index (χ3v) is 2.65. The standard InChI is InChI=1S/C12H20O3/c1-12(2,3)11(14)15-8-9-5-4-6-10(13)7-9/h9H,4-8H2,1-3H3. The van der Waals surface area contributed by atoms with Crippen LogP contribution < -0.4 is 0 Å². The Balaban J connectivity index is 2.31. The first-order valence-corrected chi connectivity index (χ1v) is 5.58. The molecule has 0 aromatic heterocycles. The van der Waals surface area contributed by atoms with Crippen LogP contribution in [0.1, 0.15) is 46.5 Å². The van der Waals surface area contributed by atoms with E-state index < -0.39 is 5.41 Å². The zero-order valence-electron chi connectivity index (χ0n) is 9.84. The second-order valence-corrected chi connectivity index (χ2v) is 5.35. The number of Topliss-reactive ketones (excluding diaryl/α,β-unsaturated/α-hetero) is 1. The topological polar surface area (TPSA) is 43.4 Å². The molecule has 0 aliphatic heterocycles. The second kappa shape index (κ2) is 4.77. The molecule has 1 fully saturated rings. The first kappa shape index (κ1) is 12.2. The Hall–Kier alpha value is -0.860. The Morgan fingerprint density at radius 3 is 2.67 bits per heavy atom. The number of carbonyl (C=O) groups is 2. The van der Waals surface area contributed by atoms with Gasteiger partial charge in [0, 0.05) is 12.8 Å². The Kier molecular flexibility index (Phi) is 3.89. The minimum Gasteiger partial charge on any atom is -0.465 e. The van der Waals surface area contributed by atoms with Crippen molar-refractivity contribution in [3.05, 3.63) is 0 Å². The number of rotatable bonds is 2. The molecule has 1 aliphatic carbocycles. The lowest BCUT2D eigenvalue weighted by atomic mass is 9.89. The maximum absolute atomic E-state index is 11.5. The van der Waals surface area contributed by atoms with Gasteiger partial charge in [0.05, 0.1) is 12.0 Å². The van der Waals surface area contributed by atoms with Gasteiger partial charge in [0.1, 0.15) is 5.78 Å². The molecule has 1 rings (SSSR count). The fourth-order valence-corrected chi connectivity index (χ4v) is 1.67. The van der Waals surface area contributed by atoms with Crippen LogP contribution in [0.25, 0.3) is 0 Å². The van der Waals surface area contributed by atoms with Gasteiger partial charge in [0.2, 0.25) is 0 Å². The molecule has 3 heteroatoms. The third kappa shape index (κ3) is 4.02. The molecule has 1 atom stereocenters. The molecule has 0 aromatic carbocycles. The molecular weight excluding hydrogens is 192 g/mol. The van der Waals surface area contributed by atoms with E-state index in [1.54, 1.807) is 0 Å². The Bertz CT molecular complexity index is 250. The van der Waals surface area contributed by atoms with E-state index in [4.69, 9.17) is 4.74 Å². The number of ether oxygens (including phenoxy) is 1. The van der Waals surface area contributed by atoms with Crippen molar-refractivity contribution in [1.29, 1.82) is 0 Å². The van der Waals surface area contributed by atoms with E-state index >= 15 is 0 Å². The Morgan fingerprint density at radius 1 is 1.47 bits per heavy atom. The zero-order valence-corrected chi connectivity index (χ0v) is 9.84. The molecule has 1 saturated carbocycles. The van der Waals surface area contributed by atoms with Crippen molar-refractivity contribution in [2.24, 2.45) is 11.3 Å². The van der Waals surface area contributed by atoms with E-state index in [0.29, 0.717) is 25.2 Å². The van der Waals surface area contributed by atoms with E-state index in [9.17, 15) is 9.59 Å². The van der Waals surface area contributed by atoms with E-state index in [1.165, 1.54) is 0 Å². The minimum absolute atomic E-state index is 0.180. The quantitative estimate of drug-likeness (QED) is 0.660. The van der Waals surface area contributed by atoms with Crippen LogP contribution in [0, 0.1) is 11.3 Å². The van der Waals surface area contributed by atoms with Crippen LogP contribution in [-0.2, 0) is 14.3 Å². The minimum atomic E-state index is -0.446. The van der Waals surface area contributed by atoms with E-state index in [-0.39, 0.29) is 11.9 Å². The average molecular weight is 212 g/mol. The summed E-state index contributed by atoms with van der Waals surface area (Å²) in [5, 5.41) is 0. The highest BCUT2D eigenvalue weighted by Gasteiger charge is 2.26. The van der Waals surface area contributed by atoms with Gasteiger partial charge in [-0.15, -0.1) is 0 Å². The fraction of sp³-hybridized carbons (Fsp3) is 0.833. The first-order valence-electron chi connectivity index (χ1n) is 5.58. The van der Waals surface area contributed by atoms with Gasteiger partial charge in [0.15, 0.2) is 0 Å². The summed E-state index contributed by atoms with van der Waals surface area (Å²) in [5.41, 5.74) is -0.446. The lowest BCUT2D eigenvalue weighted by Crippen LogP contribution is -2.27. The maximum atomic E-state index is 11.5. The van der Waals surface area contributed by atoms with Gasteiger partial charge in [-0.2, -0.15) is 0 Å². The molecule has 0 saturated heterocycles. The van der Waals surface area contributed by atoms with Crippen LogP contribution in [0.2, 0.25) is 0 Å². The van der Waals surface area contributed by atoms with Gasteiger partial charge in [-0.25, -0.2) is 0 Å². The summed E-state index contributed by atoms with van der Waals surface area (Å²) in [4.78, 5) is 22.7. The molecule has 0 N–H and O–H groups in total. The van der Waals surface area contributed by atoms with E-state index in [0.717, 1.165) is 12.8 Å². The van der Waals surface area contributed by atoms with Crippen LogP contribution in [0.3, 0.4) is 0 Å². The van der Waals surface area contributed by atoms with Crippen molar-refractivity contribution in [1.82, 2.24) is 0 Å². The zero-order chi connectivity index (χ0) is 11.5. The lowest BCUT2D eigenvalue weighted by molar-refractivity contribution is -0.155. The molecule has 0 heterocycles. The highest BCUT2D eigenvalue weighted by atomic mass is 16.5. The van der Waals surface area contributed by atoms with Crippen molar-refractivity contribution in [2.75, 3.05) is 6.61 Å². The van der Waals surface area contributed by atoms with Gasteiger partial charge in [-0.3, -0.25) is 9.59 Å². The second-order valence-electron chi connectivity index (χ2n) is 5.35. The molecular formula is C12H20O3. The maximum Gasteiger partial charge on any atom is 0.311 e. The van der Waals surface area contributed by atoms with Gasteiger partial charge in [-0.05, 0) is 39.5 Å². The molecule has 86 valence electrons. The summed E-state index contributed by atoms with van der Waals surface area (Å²) in [6.07, 6.45) is 3.22. The van der Waals surface area contributed by atoms with E-state index in [2.05, 4.69) is 0 Å². The molecule has 1 unspecified atom stereocenters. The summed E-state index contributed by atoms with van der Waals surface area (Å²) in [6.45, 7) is 5.91. The Morgan fingerprint density at radius 2 is 2.13 bits per heavy atom. The third-order valence-electron chi connectivity index (χ3n) is 2.65. The predicted molar refractivity (Wildman–Crippen MR) is 57.4 cm³/mol. The summed E-state index contributed by atoms with van der Waals surface area (Å²) in [5.74, 6) is 0.371. The normalized spacial score (nSPS) is 22.6. The van der Waals surface area contributed by atoms with Gasteiger partial charge < -0.3 is 4.74 Å². The van der Waals surface area contributed by atoms with Gasteiger partial charge >= 0.3 is 5.97 Å². The van der Waals surface area contributed by atoms with Crippen LogP contribution in [0.5, 0.6) is 0 Å². The Labute approximate surface area is 91.2 Å².